The van der Waals surface area contributed by atoms with Crippen LogP contribution in [0, 0.1) is 0 Å². The summed E-state index contributed by atoms with van der Waals surface area (Å²) >= 11 is 0. The standard InChI is InChI=1S/C12H25NO3S/c1-12(2,13-8-4-5-9-13)11(14)7-6-10-17(3,15)16/h11,14H,4-10H2,1-3H3. The van der Waals surface area contributed by atoms with Crippen LogP contribution in [0.1, 0.15) is 39.5 Å². The summed E-state index contributed by atoms with van der Waals surface area (Å²) in [5.41, 5.74) is -0.242. The van der Waals surface area contributed by atoms with Gasteiger partial charge in [0.25, 0.3) is 0 Å². The highest BCUT2D eigenvalue weighted by Gasteiger charge is 2.35. The van der Waals surface area contributed by atoms with Gasteiger partial charge in [-0.2, -0.15) is 0 Å². The van der Waals surface area contributed by atoms with Crippen molar-refractivity contribution in [1.29, 1.82) is 0 Å². The Hall–Kier alpha value is -0.130. The van der Waals surface area contributed by atoms with Crippen LogP contribution in [0.4, 0.5) is 0 Å². The first-order valence-corrected chi connectivity index (χ1v) is 8.40. The predicted molar refractivity (Wildman–Crippen MR) is 69.8 cm³/mol. The highest BCUT2D eigenvalue weighted by atomic mass is 32.2. The Balaban J connectivity index is 2.42. The van der Waals surface area contributed by atoms with E-state index in [1.165, 1.54) is 19.1 Å². The summed E-state index contributed by atoms with van der Waals surface area (Å²) in [4.78, 5) is 2.30. The number of aliphatic hydroxyl groups is 1. The molecule has 1 unspecified atom stereocenters. The molecule has 0 radical (unpaired) electrons. The normalized spacial score (nSPS) is 20.7. The first-order chi connectivity index (χ1) is 7.73. The maximum absolute atomic E-state index is 11.0. The van der Waals surface area contributed by atoms with E-state index >= 15 is 0 Å². The van der Waals surface area contributed by atoms with Crippen LogP contribution in [0.5, 0.6) is 0 Å². The summed E-state index contributed by atoms with van der Waals surface area (Å²) in [6, 6.07) is 0. The molecule has 0 saturated carbocycles. The fourth-order valence-corrected chi connectivity index (χ4v) is 3.09. The molecule has 1 rings (SSSR count). The van der Waals surface area contributed by atoms with Crippen molar-refractivity contribution in [2.24, 2.45) is 0 Å². The number of nitrogens with zero attached hydrogens (tertiary/aromatic N) is 1. The second-order valence-electron chi connectivity index (χ2n) is 5.64. The number of hydrogen-bond donors (Lipinski definition) is 1. The molecule has 0 aliphatic carbocycles. The van der Waals surface area contributed by atoms with Gasteiger partial charge in [0.05, 0.1) is 6.10 Å². The molecule has 1 aliphatic heterocycles. The highest BCUT2D eigenvalue weighted by Crippen LogP contribution is 2.26. The number of hydrogen-bond acceptors (Lipinski definition) is 4. The molecule has 5 heteroatoms. The predicted octanol–water partition coefficient (Wildman–Crippen LogP) is 1.05. The summed E-state index contributed by atoms with van der Waals surface area (Å²) < 4.78 is 22.1. The Morgan fingerprint density at radius 2 is 1.82 bits per heavy atom. The zero-order chi connectivity index (χ0) is 13.1. The molecule has 0 amide bonds. The fourth-order valence-electron chi connectivity index (χ4n) is 2.40. The van der Waals surface area contributed by atoms with Crippen LogP contribution in [-0.2, 0) is 9.84 Å². The summed E-state index contributed by atoms with van der Waals surface area (Å²) in [6.45, 7) is 6.17. The number of rotatable bonds is 6. The monoisotopic (exact) mass is 263 g/mol. The molecule has 0 bridgehead atoms. The molecule has 102 valence electrons. The molecule has 0 aromatic rings. The zero-order valence-corrected chi connectivity index (χ0v) is 12.0. The van der Waals surface area contributed by atoms with Crippen molar-refractivity contribution in [2.45, 2.75) is 51.2 Å². The van der Waals surface area contributed by atoms with Gasteiger partial charge in [0.1, 0.15) is 9.84 Å². The van der Waals surface area contributed by atoms with Crippen molar-refractivity contribution in [2.75, 3.05) is 25.1 Å². The van der Waals surface area contributed by atoms with Crippen molar-refractivity contribution in [3.63, 3.8) is 0 Å². The zero-order valence-electron chi connectivity index (χ0n) is 11.1. The lowest BCUT2D eigenvalue weighted by Gasteiger charge is -2.39. The van der Waals surface area contributed by atoms with Crippen LogP contribution in [0.3, 0.4) is 0 Å². The van der Waals surface area contributed by atoms with E-state index in [-0.39, 0.29) is 11.3 Å². The van der Waals surface area contributed by atoms with Gasteiger partial charge in [-0.15, -0.1) is 0 Å². The number of aliphatic hydroxyl groups excluding tert-OH is 1. The van der Waals surface area contributed by atoms with Crippen molar-refractivity contribution in [3.05, 3.63) is 0 Å². The minimum atomic E-state index is -2.91. The number of likely N-dealkylation sites (tertiary alicyclic amines) is 1. The van der Waals surface area contributed by atoms with Gasteiger partial charge < -0.3 is 5.11 Å². The summed E-state index contributed by atoms with van der Waals surface area (Å²) in [7, 11) is -2.91. The minimum Gasteiger partial charge on any atom is -0.391 e. The maximum atomic E-state index is 11.0. The molecule has 0 spiro atoms. The van der Waals surface area contributed by atoms with Crippen LogP contribution in [0.15, 0.2) is 0 Å². The van der Waals surface area contributed by atoms with E-state index in [0.717, 1.165) is 13.1 Å². The summed E-state index contributed by atoms with van der Waals surface area (Å²) in [5, 5.41) is 10.2. The van der Waals surface area contributed by atoms with Crippen LogP contribution in [0.2, 0.25) is 0 Å². The quantitative estimate of drug-likeness (QED) is 0.778. The second-order valence-corrected chi connectivity index (χ2v) is 7.90. The van der Waals surface area contributed by atoms with Crippen molar-refractivity contribution in [3.8, 4) is 0 Å². The van der Waals surface area contributed by atoms with E-state index < -0.39 is 15.9 Å². The second kappa shape index (κ2) is 5.67. The first-order valence-electron chi connectivity index (χ1n) is 6.34. The smallest absolute Gasteiger partial charge is 0.147 e. The lowest BCUT2D eigenvalue weighted by molar-refractivity contribution is -0.00208. The SMILES string of the molecule is CC(C)(C(O)CCCS(C)(=O)=O)N1CCCC1. The molecule has 4 nitrogen and oxygen atoms in total. The molecule has 0 aromatic heterocycles. The molecule has 1 heterocycles. The molecular weight excluding hydrogens is 238 g/mol. The van der Waals surface area contributed by atoms with E-state index in [0.29, 0.717) is 12.8 Å². The topological polar surface area (TPSA) is 57.6 Å². The average Bonchev–Trinajstić information content (AvgIpc) is 2.68. The molecule has 1 saturated heterocycles. The van der Waals surface area contributed by atoms with Crippen LogP contribution >= 0.6 is 0 Å². The number of sulfone groups is 1. The molecule has 1 fully saturated rings. The Bertz CT molecular complexity index is 332. The fraction of sp³-hybridized carbons (Fsp3) is 1.00. The van der Waals surface area contributed by atoms with Gasteiger partial charge in [-0.3, -0.25) is 4.90 Å². The lowest BCUT2D eigenvalue weighted by Crippen LogP contribution is -2.51. The Morgan fingerprint density at radius 1 is 1.29 bits per heavy atom. The van der Waals surface area contributed by atoms with Crippen molar-refractivity contribution >= 4 is 9.84 Å². The maximum Gasteiger partial charge on any atom is 0.147 e. The van der Waals surface area contributed by atoms with Crippen LogP contribution in [-0.4, -0.2) is 55.2 Å². The summed E-state index contributed by atoms with van der Waals surface area (Å²) in [6.07, 6.45) is 4.26. The van der Waals surface area contributed by atoms with Gasteiger partial charge >= 0.3 is 0 Å². The van der Waals surface area contributed by atoms with E-state index in [2.05, 4.69) is 4.90 Å². The van der Waals surface area contributed by atoms with Crippen molar-refractivity contribution < 1.29 is 13.5 Å². The summed E-state index contributed by atoms with van der Waals surface area (Å²) in [5.74, 6) is 0.167. The Morgan fingerprint density at radius 3 is 2.29 bits per heavy atom. The third kappa shape index (κ3) is 4.56. The van der Waals surface area contributed by atoms with E-state index in [1.54, 1.807) is 0 Å². The molecular formula is C12H25NO3S. The minimum absolute atomic E-state index is 0.167. The highest BCUT2D eigenvalue weighted by molar-refractivity contribution is 7.90. The van der Waals surface area contributed by atoms with Gasteiger partial charge in [-0.25, -0.2) is 8.42 Å². The van der Waals surface area contributed by atoms with Gasteiger partial charge in [0, 0.05) is 17.5 Å². The van der Waals surface area contributed by atoms with E-state index in [1.807, 2.05) is 13.8 Å². The van der Waals surface area contributed by atoms with Gasteiger partial charge in [-0.1, -0.05) is 0 Å². The van der Waals surface area contributed by atoms with Gasteiger partial charge in [0.15, 0.2) is 0 Å². The molecule has 1 atom stereocenters. The van der Waals surface area contributed by atoms with E-state index in [9.17, 15) is 13.5 Å². The third-order valence-electron chi connectivity index (χ3n) is 3.73. The Labute approximate surface area is 105 Å². The molecule has 1 N–H and O–H groups in total. The molecule has 0 aromatic carbocycles. The van der Waals surface area contributed by atoms with Crippen molar-refractivity contribution in [1.82, 2.24) is 4.90 Å². The lowest BCUT2D eigenvalue weighted by atomic mass is 9.92. The van der Waals surface area contributed by atoms with E-state index in [4.69, 9.17) is 0 Å². The van der Waals surface area contributed by atoms with Crippen LogP contribution < -0.4 is 0 Å². The largest absolute Gasteiger partial charge is 0.391 e. The van der Waals surface area contributed by atoms with Gasteiger partial charge in [0.2, 0.25) is 0 Å². The Kier molecular flexibility index (Phi) is 4.98. The molecule has 1 aliphatic rings. The third-order valence-corrected chi connectivity index (χ3v) is 4.76. The average molecular weight is 263 g/mol. The molecule has 17 heavy (non-hydrogen) atoms. The van der Waals surface area contributed by atoms with Crippen LogP contribution in [0.25, 0.3) is 0 Å². The van der Waals surface area contributed by atoms with Gasteiger partial charge in [-0.05, 0) is 52.6 Å². The first kappa shape index (κ1) is 14.9.